The molecule has 2 heterocycles. The van der Waals surface area contributed by atoms with Gasteiger partial charge in [0.25, 0.3) is 0 Å². The fourth-order valence-electron chi connectivity index (χ4n) is 9.03. The normalized spacial score (nSPS) is 36.0. The summed E-state index contributed by atoms with van der Waals surface area (Å²) in [5, 5.41) is 1.09. The Morgan fingerprint density at radius 3 is 2.44 bits per heavy atom. The molecule has 0 aromatic carbocycles. The molecule has 4 aliphatic rings. The number of fused-ring (bicyclic) bond motifs is 5. The van der Waals surface area contributed by atoms with E-state index in [1.165, 1.54) is 50.8 Å². The zero-order valence-corrected chi connectivity index (χ0v) is 25.7. The molecule has 1 saturated heterocycles. The minimum atomic E-state index is 0.0684. The van der Waals surface area contributed by atoms with Crippen LogP contribution in [0.4, 0.5) is 0 Å². The number of carbonyl (C=O) groups is 3. The number of aromatic nitrogens is 1. The van der Waals surface area contributed by atoms with Crippen LogP contribution in [-0.2, 0) is 14.4 Å². The summed E-state index contributed by atoms with van der Waals surface area (Å²) in [6.45, 7) is 14.1. The van der Waals surface area contributed by atoms with Crippen LogP contribution in [0.2, 0.25) is 0 Å². The van der Waals surface area contributed by atoms with Crippen LogP contribution in [-0.4, -0.2) is 39.8 Å². The van der Waals surface area contributed by atoms with Gasteiger partial charge in [0.05, 0.1) is 0 Å². The van der Waals surface area contributed by atoms with Crippen molar-refractivity contribution in [3.63, 3.8) is 0 Å². The summed E-state index contributed by atoms with van der Waals surface area (Å²) < 4.78 is 0. The van der Waals surface area contributed by atoms with E-state index in [1.54, 1.807) is 6.20 Å². The second-order valence-corrected chi connectivity index (χ2v) is 14.1. The summed E-state index contributed by atoms with van der Waals surface area (Å²) in [4.78, 5) is 42.3. The van der Waals surface area contributed by atoms with Crippen LogP contribution in [0.25, 0.3) is 0 Å². The first kappa shape index (κ1) is 30.0. The first-order chi connectivity index (χ1) is 18.4. The Kier molecular flexibility index (Phi) is 9.15. The lowest BCUT2D eigenvalue weighted by molar-refractivity contribution is -0.158. The Balaban J connectivity index is 0.000000448. The number of allylic oxidation sites excluding steroid dienone is 1. The predicted molar refractivity (Wildman–Crippen MR) is 158 cm³/mol. The number of ketones is 1. The third kappa shape index (κ3) is 5.64. The van der Waals surface area contributed by atoms with Gasteiger partial charge in [-0.25, -0.2) is 4.98 Å². The third-order valence-electron chi connectivity index (χ3n) is 11.4. The van der Waals surface area contributed by atoms with Crippen LogP contribution < -0.4 is 0 Å². The van der Waals surface area contributed by atoms with Crippen LogP contribution in [0.15, 0.2) is 41.6 Å². The van der Waals surface area contributed by atoms with Gasteiger partial charge in [0.1, 0.15) is 5.03 Å². The van der Waals surface area contributed by atoms with E-state index in [0.717, 1.165) is 42.0 Å². The molecule has 0 spiro atoms. The maximum Gasteiger partial charge on any atom is 0.222 e. The molecule has 5 rings (SSSR count). The molecule has 4 fully saturated rings. The number of Topliss-reactive ketones (excluding diaryl/α,β-unsaturated/α-hetero) is 1. The predicted octanol–water partition coefficient (Wildman–Crippen LogP) is 7.36. The van der Waals surface area contributed by atoms with Crippen molar-refractivity contribution in [3.05, 3.63) is 36.5 Å². The lowest BCUT2D eigenvalue weighted by atomic mass is 9.46. The highest BCUT2D eigenvalue weighted by Gasteiger charge is 2.61. The van der Waals surface area contributed by atoms with E-state index in [1.807, 2.05) is 32.2 Å². The van der Waals surface area contributed by atoms with Crippen molar-refractivity contribution in [3.8, 4) is 0 Å². The largest absolute Gasteiger partial charge is 0.342 e. The minimum absolute atomic E-state index is 0.0684. The minimum Gasteiger partial charge on any atom is -0.342 e. The molecular formula is C33H48N2O3S. The van der Waals surface area contributed by atoms with Gasteiger partial charge in [-0.1, -0.05) is 40.3 Å². The van der Waals surface area contributed by atoms with Gasteiger partial charge in [-0.05, 0) is 122 Å². The summed E-state index contributed by atoms with van der Waals surface area (Å²) in [6.07, 6.45) is 11.7. The van der Waals surface area contributed by atoms with E-state index in [4.69, 9.17) is 0 Å². The van der Waals surface area contributed by atoms with Gasteiger partial charge in [-0.3, -0.25) is 14.4 Å². The van der Waals surface area contributed by atoms with E-state index in [2.05, 4.69) is 37.2 Å². The molecule has 214 valence electrons. The molecule has 0 N–H and O–H groups in total. The quantitative estimate of drug-likeness (QED) is 0.282. The molecule has 1 amide bonds. The number of rotatable bonds is 5. The topological polar surface area (TPSA) is 67.3 Å². The van der Waals surface area contributed by atoms with Gasteiger partial charge >= 0.3 is 0 Å². The standard InChI is InChI=1S/C27H38N2O2S.C6H10O/c1-17(25(31)32-23-7-5-6-16-28-23)19-9-10-20-18-8-11-22-27(3,15-13-24(30)29(22)4)21(18)12-14-26(19,20)2;1-4-5(2)6(3)7/h5-7,16-22H,8-15H2,1-4H3;2,4H2,1,3H3/t17-,18?,19?,20?,21?,22?,26?,27?;/m0./s1. The number of thioether (sulfide) groups is 1. The molecular weight excluding hydrogens is 504 g/mol. The summed E-state index contributed by atoms with van der Waals surface area (Å²) >= 11 is 1.33. The Morgan fingerprint density at radius 1 is 1.10 bits per heavy atom. The number of hydrogen-bond donors (Lipinski definition) is 0. The van der Waals surface area contributed by atoms with Gasteiger partial charge in [0.15, 0.2) is 10.9 Å². The van der Waals surface area contributed by atoms with Crippen molar-refractivity contribution in [1.82, 2.24) is 9.88 Å². The van der Waals surface area contributed by atoms with Crippen molar-refractivity contribution in [1.29, 1.82) is 0 Å². The van der Waals surface area contributed by atoms with Crippen LogP contribution in [0.5, 0.6) is 0 Å². The Morgan fingerprint density at radius 2 is 1.82 bits per heavy atom. The smallest absolute Gasteiger partial charge is 0.222 e. The number of hydrogen-bond acceptors (Lipinski definition) is 5. The number of nitrogens with zero attached hydrogens (tertiary/aromatic N) is 2. The SMILES string of the molecule is C=C(CC)C(C)=O.C[C@H](C(=O)Sc1ccccn1)C1CCC2C3CCC4N(C)C(=O)CCC4(C)C3CCC21C. The molecule has 5 nitrogen and oxygen atoms in total. The molecule has 1 aliphatic heterocycles. The summed E-state index contributed by atoms with van der Waals surface area (Å²) in [7, 11) is 2.04. The second kappa shape index (κ2) is 11.9. The van der Waals surface area contributed by atoms with Crippen molar-refractivity contribution in [2.24, 2.45) is 40.4 Å². The van der Waals surface area contributed by atoms with E-state index in [-0.39, 0.29) is 27.6 Å². The lowest BCUT2D eigenvalue weighted by Gasteiger charge is -2.62. The van der Waals surface area contributed by atoms with Crippen molar-refractivity contribution >= 4 is 28.6 Å². The Hall–Kier alpha value is -1.95. The average Bonchev–Trinajstić information content (AvgIpc) is 3.28. The number of likely N-dealkylation sites (tertiary alicyclic amines) is 1. The van der Waals surface area contributed by atoms with Crippen molar-refractivity contribution in [2.75, 3.05) is 7.05 Å². The highest BCUT2D eigenvalue weighted by atomic mass is 32.2. The average molecular weight is 553 g/mol. The molecule has 3 aliphatic carbocycles. The van der Waals surface area contributed by atoms with Crippen LogP contribution >= 0.6 is 11.8 Å². The first-order valence-corrected chi connectivity index (χ1v) is 15.8. The van der Waals surface area contributed by atoms with Crippen LogP contribution in [0.1, 0.15) is 92.4 Å². The zero-order chi connectivity index (χ0) is 28.5. The third-order valence-corrected chi connectivity index (χ3v) is 12.4. The molecule has 0 radical (unpaired) electrons. The van der Waals surface area contributed by atoms with Crippen molar-refractivity contribution in [2.45, 2.75) is 103 Å². The molecule has 39 heavy (non-hydrogen) atoms. The van der Waals surface area contributed by atoms with Gasteiger partial charge in [0.2, 0.25) is 5.91 Å². The molecule has 1 aromatic heterocycles. The number of piperidine rings is 1. The Bertz CT molecular complexity index is 1090. The molecule has 8 atom stereocenters. The van der Waals surface area contributed by atoms with Gasteiger partial charge in [0, 0.05) is 31.6 Å². The summed E-state index contributed by atoms with van der Waals surface area (Å²) in [6, 6.07) is 6.20. The van der Waals surface area contributed by atoms with E-state index in [0.29, 0.717) is 29.9 Å². The summed E-state index contributed by atoms with van der Waals surface area (Å²) in [5.74, 6) is 3.18. The highest BCUT2D eigenvalue weighted by Crippen LogP contribution is 2.67. The fourth-order valence-corrected chi connectivity index (χ4v) is 9.85. The van der Waals surface area contributed by atoms with Crippen LogP contribution in [0, 0.1) is 40.4 Å². The monoisotopic (exact) mass is 552 g/mol. The number of amides is 1. The number of pyridine rings is 1. The van der Waals surface area contributed by atoms with Gasteiger partial charge in [-0.2, -0.15) is 0 Å². The van der Waals surface area contributed by atoms with Gasteiger partial charge in [-0.15, -0.1) is 0 Å². The highest BCUT2D eigenvalue weighted by molar-refractivity contribution is 8.13. The summed E-state index contributed by atoms with van der Waals surface area (Å²) in [5.41, 5.74) is 1.24. The number of carbonyl (C=O) groups excluding carboxylic acids is 3. The second-order valence-electron chi connectivity index (χ2n) is 13.1. The fraction of sp³-hybridized carbons (Fsp3) is 0.697. The lowest BCUT2D eigenvalue weighted by Crippen LogP contribution is -2.61. The maximum absolute atomic E-state index is 13.2. The molecule has 3 saturated carbocycles. The van der Waals surface area contributed by atoms with E-state index in [9.17, 15) is 14.4 Å². The van der Waals surface area contributed by atoms with Crippen molar-refractivity contribution < 1.29 is 14.4 Å². The van der Waals surface area contributed by atoms with E-state index < -0.39 is 0 Å². The Labute approximate surface area is 240 Å². The molecule has 6 heteroatoms. The molecule has 0 bridgehead atoms. The van der Waals surface area contributed by atoms with Gasteiger partial charge < -0.3 is 4.90 Å². The first-order valence-electron chi connectivity index (χ1n) is 15.0. The van der Waals surface area contributed by atoms with E-state index >= 15 is 0 Å². The van der Waals surface area contributed by atoms with Crippen LogP contribution in [0.3, 0.4) is 0 Å². The molecule has 1 aromatic rings. The maximum atomic E-state index is 13.2. The zero-order valence-electron chi connectivity index (χ0n) is 24.9. The molecule has 7 unspecified atom stereocenters.